The third kappa shape index (κ3) is 4.76. The van der Waals surface area contributed by atoms with Gasteiger partial charge in [-0.05, 0) is 56.2 Å². The number of nitrogens with zero attached hydrogens (tertiary/aromatic N) is 2. The van der Waals surface area contributed by atoms with Crippen LogP contribution in [0.5, 0.6) is 0 Å². The molecule has 162 valence electrons. The van der Waals surface area contributed by atoms with Crippen molar-refractivity contribution in [2.24, 2.45) is 11.8 Å². The molecule has 0 saturated carbocycles. The highest BCUT2D eigenvalue weighted by molar-refractivity contribution is 6.00. The molecule has 7 heteroatoms. The number of amides is 3. The number of halogens is 1. The molecule has 0 bridgehead atoms. The Morgan fingerprint density at radius 2 is 1.61 bits per heavy atom. The van der Waals surface area contributed by atoms with Gasteiger partial charge in [0.05, 0.1) is 5.92 Å². The summed E-state index contributed by atoms with van der Waals surface area (Å²) in [6, 6.07) is 13.4. The summed E-state index contributed by atoms with van der Waals surface area (Å²) >= 11 is 0. The molecule has 4 rings (SSSR count). The molecule has 1 atom stereocenters. The van der Waals surface area contributed by atoms with E-state index in [4.69, 9.17) is 0 Å². The number of rotatable bonds is 4. The molecule has 0 spiro atoms. The molecule has 0 aliphatic carbocycles. The van der Waals surface area contributed by atoms with E-state index in [-0.39, 0.29) is 41.8 Å². The maximum Gasteiger partial charge on any atom is 0.228 e. The maximum atomic E-state index is 13.0. The number of hydrogen-bond donors (Lipinski definition) is 1. The van der Waals surface area contributed by atoms with Gasteiger partial charge >= 0.3 is 0 Å². The van der Waals surface area contributed by atoms with Gasteiger partial charge in [0.1, 0.15) is 5.82 Å². The van der Waals surface area contributed by atoms with Crippen LogP contribution in [-0.2, 0) is 14.4 Å². The third-order valence-corrected chi connectivity index (χ3v) is 6.11. The van der Waals surface area contributed by atoms with Crippen LogP contribution in [-0.4, -0.2) is 42.3 Å². The van der Waals surface area contributed by atoms with E-state index in [2.05, 4.69) is 5.32 Å². The van der Waals surface area contributed by atoms with Gasteiger partial charge in [0, 0.05) is 43.3 Å². The fraction of sp³-hybridized carbons (Fsp3) is 0.375. The van der Waals surface area contributed by atoms with Crippen molar-refractivity contribution in [2.75, 3.05) is 29.9 Å². The molecular weight excluding hydrogens is 397 g/mol. The summed E-state index contributed by atoms with van der Waals surface area (Å²) in [6.45, 7) is 3.38. The predicted octanol–water partition coefficient (Wildman–Crippen LogP) is 3.36. The number of carbonyl (C=O) groups is 3. The van der Waals surface area contributed by atoms with E-state index in [0.29, 0.717) is 38.2 Å². The molecule has 2 aromatic carbocycles. The lowest BCUT2D eigenvalue weighted by Crippen LogP contribution is -2.44. The Morgan fingerprint density at radius 1 is 0.968 bits per heavy atom. The standard InChI is InChI=1S/C24H26FN3O3/c1-16-2-8-21(9-3-16)28-15-18(14-22(28)29)24(31)27-12-10-17(11-13-27)23(30)26-20-6-4-19(25)5-7-20/h2-9,17-18H,10-15H2,1H3,(H,26,30). The lowest BCUT2D eigenvalue weighted by molar-refractivity contribution is -0.138. The normalized spacial score (nSPS) is 19.5. The van der Waals surface area contributed by atoms with Crippen molar-refractivity contribution in [3.63, 3.8) is 0 Å². The third-order valence-electron chi connectivity index (χ3n) is 6.11. The molecular formula is C24H26FN3O3. The quantitative estimate of drug-likeness (QED) is 0.820. The van der Waals surface area contributed by atoms with E-state index in [1.165, 1.54) is 24.3 Å². The molecule has 2 fully saturated rings. The second-order valence-corrected chi connectivity index (χ2v) is 8.34. The van der Waals surface area contributed by atoms with Crippen molar-refractivity contribution in [3.8, 4) is 0 Å². The van der Waals surface area contributed by atoms with Crippen LogP contribution in [0.1, 0.15) is 24.8 Å². The maximum absolute atomic E-state index is 13.0. The van der Waals surface area contributed by atoms with Gasteiger partial charge in [-0.25, -0.2) is 4.39 Å². The first-order valence-corrected chi connectivity index (χ1v) is 10.6. The van der Waals surface area contributed by atoms with Gasteiger partial charge in [0.25, 0.3) is 0 Å². The van der Waals surface area contributed by atoms with Crippen LogP contribution in [0.3, 0.4) is 0 Å². The average Bonchev–Trinajstić information content (AvgIpc) is 3.17. The molecule has 2 aromatic rings. The largest absolute Gasteiger partial charge is 0.342 e. The SMILES string of the molecule is Cc1ccc(N2CC(C(=O)N3CCC(C(=O)Nc4ccc(F)cc4)CC3)CC2=O)cc1. The van der Waals surface area contributed by atoms with Crippen LogP contribution in [0, 0.1) is 24.6 Å². The van der Waals surface area contributed by atoms with Gasteiger partial charge in [-0.15, -0.1) is 0 Å². The zero-order chi connectivity index (χ0) is 22.0. The fourth-order valence-electron chi connectivity index (χ4n) is 4.25. The lowest BCUT2D eigenvalue weighted by atomic mass is 9.94. The molecule has 2 aliphatic heterocycles. The van der Waals surface area contributed by atoms with E-state index in [9.17, 15) is 18.8 Å². The minimum Gasteiger partial charge on any atom is -0.342 e. The van der Waals surface area contributed by atoms with Crippen LogP contribution in [0.4, 0.5) is 15.8 Å². The molecule has 3 amide bonds. The minimum absolute atomic E-state index is 0.0136. The summed E-state index contributed by atoms with van der Waals surface area (Å²) in [5, 5.41) is 2.81. The minimum atomic E-state index is -0.351. The van der Waals surface area contributed by atoms with Crippen LogP contribution >= 0.6 is 0 Å². The van der Waals surface area contributed by atoms with Crippen LogP contribution < -0.4 is 10.2 Å². The molecule has 6 nitrogen and oxygen atoms in total. The first-order chi connectivity index (χ1) is 14.9. The summed E-state index contributed by atoms with van der Waals surface area (Å²) in [6.07, 6.45) is 1.36. The van der Waals surface area contributed by atoms with Gasteiger partial charge in [-0.3, -0.25) is 14.4 Å². The molecule has 1 unspecified atom stereocenters. The Morgan fingerprint density at radius 3 is 2.26 bits per heavy atom. The number of hydrogen-bond acceptors (Lipinski definition) is 3. The molecule has 1 N–H and O–H groups in total. The van der Waals surface area contributed by atoms with Crippen LogP contribution in [0.15, 0.2) is 48.5 Å². The Labute approximate surface area is 181 Å². The smallest absolute Gasteiger partial charge is 0.228 e. The van der Waals surface area contributed by atoms with Crippen molar-refractivity contribution >= 4 is 29.1 Å². The number of likely N-dealkylation sites (tertiary alicyclic amines) is 1. The summed E-state index contributed by atoms with van der Waals surface area (Å²) in [4.78, 5) is 41.4. The highest BCUT2D eigenvalue weighted by atomic mass is 19.1. The number of anilines is 2. The second kappa shape index (κ2) is 8.88. The van der Waals surface area contributed by atoms with Crippen molar-refractivity contribution in [1.82, 2.24) is 4.90 Å². The summed E-state index contributed by atoms with van der Waals surface area (Å²) < 4.78 is 13.0. The Hall–Kier alpha value is -3.22. The van der Waals surface area contributed by atoms with Crippen molar-refractivity contribution in [1.29, 1.82) is 0 Å². The number of nitrogens with one attached hydrogen (secondary N) is 1. The molecule has 2 heterocycles. The molecule has 2 aliphatic rings. The molecule has 0 aromatic heterocycles. The van der Waals surface area contributed by atoms with Gasteiger partial charge < -0.3 is 15.1 Å². The average molecular weight is 423 g/mol. The number of benzene rings is 2. The van der Waals surface area contributed by atoms with Crippen LogP contribution in [0.25, 0.3) is 0 Å². The Bertz CT molecular complexity index is 967. The van der Waals surface area contributed by atoms with Gasteiger partial charge in [0.15, 0.2) is 0 Å². The Balaban J connectivity index is 1.30. The second-order valence-electron chi connectivity index (χ2n) is 8.34. The summed E-state index contributed by atoms with van der Waals surface area (Å²) in [5.74, 6) is -1.05. The van der Waals surface area contributed by atoms with E-state index < -0.39 is 0 Å². The van der Waals surface area contributed by atoms with E-state index in [1.54, 1.807) is 9.80 Å². The van der Waals surface area contributed by atoms with Crippen molar-refractivity contribution in [3.05, 3.63) is 59.9 Å². The summed E-state index contributed by atoms with van der Waals surface area (Å²) in [7, 11) is 0. The molecule has 2 saturated heterocycles. The van der Waals surface area contributed by atoms with E-state index in [1.807, 2.05) is 31.2 Å². The number of carbonyl (C=O) groups excluding carboxylic acids is 3. The van der Waals surface area contributed by atoms with Crippen LogP contribution in [0.2, 0.25) is 0 Å². The summed E-state index contributed by atoms with van der Waals surface area (Å²) in [5.41, 5.74) is 2.50. The number of aryl methyl sites for hydroxylation is 1. The predicted molar refractivity (Wildman–Crippen MR) is 116 cm³/mol. The van der Waals surface area contributed by atoms with E-state index in [0.717, 1.165) is 11.3 Å². The van der Waals surface area contributed by atoms with Gasteiger partial charge in [-0.2, -0.15) is 0 Å². The lowest BCUT2D eigenvalue weighted by Gasteiger charge is -2.33. The zero-order valence-electron chi connectivity index (χ0n) is 17.5. The first kappa shape index (κ1) is 21.0. The van der Waals surface area contributed by atoms with E-state index >= 15 is 0 Å². The van der Waals surface area contributed by atoms with Gasteiger partial charge in [-0.1, -0.05) is 17.7 Å². The van der Waals surface area contributed by atoms with Gasteiger partial charge in [0.2, 0.25) is 17.7 Å². The van der Waals surface area contributed by atoms with Crippen molar-refractivity contribution < 1.29 is 18.8 Å². The first-order valence-electron chi connectivity index (χ1n) is 10.6. The number of piperidine rings is 1. The molecule has 31 heavy (non-hydrogen) atoms. The molecule has 0 radical (unpaired) electrons. The highest BCUT2D eigenvalue weighted by Gasteiger charge is 2.38. The zero-order valence-corrected chi connectivity index (χ0v) is 17.5. The fourth-order valence-corrected chi connectivity index (χ4v) is 4.25. The topological polar surface area (TPSA) is 69.7 Å². The Kier molecular flexibility index (Phi) is 6.02. The highest BCUT2D eigenvalue weighted by Crippen LogP contribution is 2.28. The van der Waals surface area contributed by atoms with Crippen molar-refractivity contribution in [2.45, 2.75) is 26.2 Å². The monoisotopic (exact) mass is 423 g/mol.